The van der Waals surface area contributed by atoms with Gasteiger partial charge in [-0.25, -0.2) is 14.4 Å². The molecule has 1 aliphatic carbocycles. The zero-order valence-corrected chi connectivity index (χ0v) is 15.5. The number of nitrogens with zero attached hydrogens (tertiary/aromatic N) is 4. The van der Waals surface area contributed by atoms with Gasteiger partial charge in [-0.1, -0.05) is 25.3 Å². The number of halogens is 1. The van der Waals surface area contributed by atoms with E-state index < -0.39 is 0 Å². The van der Waals surface area contributed by atoms with Gasteiger partial charge < -0.3 is 10.2 Å². The average Bonchev–Trinajstić information content (AvgIpc) is 2.69. The molecule has 0 spiro atoms. The summed E-state index contributed by atoms with van der Waals surface area (Å²) < 4.78 is 14.0. The van der Waals surface area contributed by atoms with Crippen LogP contribution in [0.1, 0.15) is 32.1 Å². The highest BCUT2D eigenvalue weighted by Gasteiger charge is 2.23. The van der Waals surface area contributed by atoms with Gasteiger partial charge in [0, 0.05) is 37.6 Å². The quantitative estimate of drug-likeness (QED) is 0.894. The van der Waals surface area contributed by atoms with Crippen molar-refractivity contribution in [3.8, 4) is 0 Å². The van der Waals surface area contributed by atoms with Crippen LogP contribution >= 0.6 is 0 Å². The normalized spacial score (nSPS) is 19.4. The molecule has 2 aromatic rings. The summed E-state index contributed by atoms with van der Waals surface area (Å²) in [7, 11) is 0. The molecule has 2 fully saturated rings. The zero-order valence-electron chi connectivity index (χ0n) is 15.5. The minimum Gasteiger partial charge on any atom is -0.353 e. The Morgan fingerprint density at radius 2 is 1.89 bits per heavy atom. The number of para-hydroxylation sites is 1. The monoisotopic (exact) mass is 371 g/mol. The van der Waals surface area contributed by atoms with Gasteiger partial charge in [-0.05, 0) is 25.0 Å². The number of benzene rings is 1. The molecule has 0 unspecified atom stereocenters. The molecule has 6 nitrogen and oxygen atoms in total. The number of nitrogens with one attached hydrogen (secondary N) is 1. The van der Waals surface area contributed by atoms with Gasteiger partial charge in [0.25, 0.3) is 0 Å². The summed E-state index contributed by atoms with van der Waals surface area (Å²) in [4.78, 5) is 25.1. The zero-order chi connectivity index (χ0) is 18.6. The second-order valence-corrected chi connectivity index (χ2v) is 7.50. The number of hydrogen-bond acceptors (Lipinski definition) is 5. The van der Waals surface area contributed by atoms with Gasteiger partial charge in [-0.3, -0.25) is 9.69 Å². The van der Waals surface area contributed by atoms with E-state index in [-0.39, 0.29) is 11.7 Å². The Labute approximate surface area is 158 Å². The first kappa shape index (κ1) is 18.1. The second kappa shape index (κ2) is 8.17. The minimum absolute atomic E-state index is 0.130. The summed E-state index contributed by atoms with van der Waals surface area (Å²) in [6.45, 7) is 3.56. The van der Waals surface area contributed by atoms with Crippen LogP contribution < -0.4 is 10.2 Å². The first-order valence-electron chi connectivity index (χ1n) is 9.86. The predicted molar refractivity (Wildman–Crippen MR) is 103 cm³/mol. The lowest BCUT2D eigenvalue weighted by molar-refractivity contribution is -0.123. The smallest absolute Gasteiger partial charge is 0.234 e. The van der Waals surface area contributed by atoms with Crippen molar-refractivity contribution in [2.24, 2.45) is 0 Å². The Bertz CT molecular complexity index is 800. The number of rotatable bonds is 4. The number of fused-ring (bicyclic) bond motifs is 1. The molecular formula is C20H26FN5O. The van der Waals surface area contributed by atoms with Crippen molar-refractivity contribution in [1.29, 1.82) is 0 Å². The Balaban J connectivity index is 1.34. The van der Waals surface area contributed by atoms with E-state index in [1.54, 1.807) is 6.07 Å². The molecule has 1 N–H and O–H groups in total. The van der Waals surface area contributed by atoms with E-state index in [1.807, 2.05) is 6.07 Å². The topological polar surface area (TPSA) is 61.4 Å². The molecule has 2 aliphatic rings. The molecule has 2 heterocycles. The lowest BCUT2D eigenvalue weighted by Gasteiger charge is -2.35. The number of hydrogen-bond donors (Lipinski definition) is 1. The number of carbonyl (C=O) groups excluding carboxylic acids is 1. The molecule has 1 aromatic heterocycles. The van der Waals surface area contributed by atoms with E-state index in [1.165, 1.54) is 31.7 Å². The summed E-state index contributed by atoms with van der Waals surface area (Å²) in [5.74, 6) is 0.574. The van der Waals surface area contributed by atoms with E-state index in [4.69, 9.17) is 0 Å². The van der Waals surface area contributed by atoms with Crippen molar-refractivity contribution >= 4 is 22.6 Å². The number of amides is 1. The van der Waals surface area contributed by atoms with Crippen molar-refractivity contribution in [2.75, 3.05) is 37.6 Å². The SMILES string of the molecule is O=C(CN1CCN(c2ncnc3c(F)cccc23)CC1)NC1CCCCC1. The van der Waals surface area contributed by atoms with Gasteiger partial charge in [0.1, 0.15) is 23.5 Å². The van der Waals surface area contributed by atoms with Crippen LogP contribution in [-0.2, 0) is 4.79 Å². The van der Waals surface area contributed by atoms with Crippen molar-refractivity contribution in [3.05, 3.63) is 30.3 Å². The molecule has 27 heavy (non-hydrogen) atoms. The fourth-order valence-corrected chi connectivity index (χ4v) is 4.13. The maximum Gasteiger partial charge on any atom is 0.234 e. The van der Waals surface area contributed by atoms with Crippen molar-refractivity contribution in [2.45, 2.75) is 38.1 Å². The van der Waals surface area contributed by atoms with Crippen LogP contribution in [0.2, 0.25) is 0 Å². The van der Waals surface area contributed by atoms with E-state index in [9.17, 15) is 9.18 Å². The summed E-state index contributed by atoms with van der Waals surface area (Å²) in [5.41, 5.74) is 0.358. The average molecular weight is 371 g/mol. The maximum absolute atomic E-state index is 14.0. The number of piperazine rings is 1. The lowest BCUT2D eigenvalue weighted by atomic mass is 9.95. The van der Waals surface area contributed by atoms with Crippen molar-refractivity contribution in [1.82, 2.24) is 20.2 Å². The molecule has 0 atom stereocenters. The molecule has 0 radical (unpaired) electrons. The minimum atomic E-state index is -0.325. The molecule has 4 rings (SSSR count). The molecule has 7 heteroatoms. The summed E-state index contributed by atoms with van der Waals surface area (Å²) >= 11 is 0. The van der Waals surface area contributed by atoms with Gasteiger partial charge in [-0.2, -0.15) is 0 Å². The van der Waals surface area contributed by atoms with Crippen molar-refractivity contribution in [3.63, 3.8) is 0 Å². The predicted octanol–water partition coefficient (Wildman–Crippen LogP) is 2.34. The molecule has 1 aliphatic heterocycles. The Morgan fingerprint density at radius 1 is 1.11 bits per heavy atom. The number of anilines is 1. The largest absolute Gasteiger partial charge is 0.353 e. The van der Waals surface area contributed by atoms with Gasteiger partial charge >= 0.3 is 0 Å². The van der Waals surface area contributed by atoms with Crippen LogP contribution in [0.4, 0.5) is 10.2 Å². The van der Waals surface area contributed by atoms with Crippen LogP contribution in [-0.4, -0.2) is 59.5 Å². The molecule has 1 saturated heterocycles. The molecule has 1 aromatic carbocycles. The van der Waals surface area contributed by atoms with E-state index in [0.29, 0.717) is 18.1 Å². The fourth-order valence-electron chi connectivity index (χ4n) is 4.13. The van der Waals surface area contributed by atoms with Crippen molar-refractivity contribution < 1.29 is 9.18 Å². The Kier molecular flexibility index (Phi) is 5.48. The highest BCUT2D eigenvalue weighted by molar-refractivity contribution is 5.89. The third kappa shape index (κ3) is 4.18. The Morgan fingerprint density at radius 3 is 2.67 bits per heavy atom. The van der Waals surface area contributed by atoms with Gasteiger partial charge in [0.15, 0.2) is 0 Å². The lowest BCUT2D eigenvalue weighted by Crippen LogP contribution is -2.51. The number of aromatic nitrogens is 2. The highest BCUT2D eigenvalue weighted by Crippen LogP contribution is 2.25. The van der Waals surface area contributed by atoms with Gasteiger partial charge in [0.2, 0.25) is 5.91 Å². The Hall–Kier alpha value is -2.28. The van der Waals surface area contributed by atoms with Crippen LogP contribution in [0.5, 0.6) is 0 Å². The third-order valence-corrected chi connectivity index (χ3v) is 5.60. The molecular weight excluding hydrogens is 345 g/mol. The van der Waals surface area contributed by atoms with E-state index in [2.05, 4.69) is 25.1 Å². The van der Waals surface area contributed by atoms with Gasteiger partial charge in [-0.15, -0.1) is 0 Å². The van der Waals surface area contributed by atoms with Crippen LogP contribution in [0.25, 0.3) is 10.9 Å². The number of carbonyl (C=O) groups is 1. The standard InChI is InChI=1S/C20H26FN5O/c21-17-8-4-7-16-19(17)22-14-23-20(16)26-11-9-25(10-12-26)13-18(27)24-15-5-2-1-3-6-15/h4,7-8,14-15H,1-3,5-6,9-13H2,(H,24,27). The highest BCUT2D eigenvalue weighted by atomic mass is 19.1. The van der Waals surface area contributed by atoms with Crippen LogP contribution in [0.15, 0.2) is 24.5 Å². The first-order chi connectivity index (χ1) is 13.2. The van der Waals surface area contributed by atoms with E-state index in [0.717, 1.165) is 50.2 Å². The molecule has 1 saturated carbocycles. The van der Waals surface area contributed by atoms with E-state index >= 15 is 0 Å². The molecule has 1 amide bonds. The fraction of sp³-hybridized carbons (Fsp3) is 0.550. The molecule has 144 valence electrons. The first-order valence-corrected chi connectivity index (χ1v) is 9.86. The molecule has 0 bridgehead atoms. The van der Waals surface area contributed by atoms with Crippen LogP contribution in [0, 0.1) is 5.82 Å². The summed E-state index contributed by atoms with van der Waals surface area (Å²) in [6, 6.07) is 5.32. The third-order valence-electron chi connectivity index (χ3n) is 5.60. The summed E-state index contributed by atoms with van der Waals surface area (Å²) in [5, 5.41) is 3.92. The van der Waals surface area contributed by atoms with Crippen LogP contribution in [0.3, 0.4) is 0 Å². The maximum atomic E-state index is 14.0. The van der Waals surface area contributed by atoms with Gasteiger partial charge in [0.05, 0.1) is 6.54 Å². The second-order valence-electron chi connectivity index (χ2n) is 7.50. The summed E-state index contributed by atoms with van der Waals surface area (Å²) in [6.07, 6.45) is 7.36.